The molecule has 1 N–H and O–H groups in total. The molecule has 0 aliphatic carbocycles. The Morgan fingerprint density at radius 2 is 1.95 bits per heavy atom. The second-order valence-corrected chi connectivity index (χ2v) is 5.60. The molecule has 0 aliphatic rings. The number of anilines is 1. The first-order valence-electron chi connectivity index (χ1n) is 6.43. The molecule has 4 rings (SSSR count). The SMILES string of the molecule is c1ccc2c(c1)oc1ccc(NCc3cncs3)cc12. The summed E-state index contributed by atoms with van der Waals surface area (Å²) >= 11 is 1.66. The molecular weight excluding hydrogens is 268 g/mol. The van der Waals surface area contributed by atoms with Gasteiger partial charge in [0.15, 0.2) is 0 Å². The normalized spacial score (nSPS) is 11.2. The van der Waals surface area contributed by atoms with E-state index in [1.807, 2.05) is 42.0 Å². The van der Waals surface area contributed by atoms with Gasteiger partial charge in [-0.05, 0) is 24.3 Å². The number of furan rings is 1. The van der Waals surface area contributed by atoms with Crippen LogP contribution in [-0.4, -0.2) is 4.98 Å². The number of hydrogen-bond donors (Lipinski definition) is 1. The predicted octanol–water partition coefficient (Wildman–Crippen LogP) is 4.65. The van der Waals surface area contributed by atoms with Gasteiger partial charge in [0.05, 0.1) is 12.1 Å². The molecule has 2 heterocycles. The molecule has 0 bridgehead atoms. The molecule has 98 valence electrons. The fourth-order valence-corrected chi connectivity index (χ4v) is 2.89. The van der Waals surface area contributed by atoms with E-state index in [0.717, 1.165) is 34.2 Å². The first-order chi connectivity index (χ1) is 9.90. The number of para-hydroxylation sites is 1. The minimum Gasteiger partial charge on any atom is -0.456 e. The zero-order valence-corrected chi connectivity index (χ0v) is 11.5. The number of nitrogens with zero attached hydrogens (tertiary/aromatic N) is 1. The number of nitrogens with one attached hydrogen (secondary N) is 1. The summed E-state index contributed by atoms with van der Waals surface area (Å²) in [5, 5.41) is 5.73. The van der Waals surface area contributed by atoms with Gasteiger partial charge in [0.1, 0.15) is 11.2 Å². The van der Waals surface area contributed by atoms with E-state index in [9.17, 15) is 0 Å². The molecule has 0 saturated carbocycles. The number of fused-ring (bicyclic) bond motifs is 3. The summed E-state index contributed by atoms with van der Waals surface area (Å²) in [6.45, 7) is 0.798. The van der Waals surface area contributed by atoms with Crippen molar-refractivity contribution in [1.82, 2.24) is 4.98 Å². The first-order valence-corrected chi connectivity index (χ1v) is 7.31. The highest BCUT2D eigenvalue weighted by Crippen LogP contribution is 2.30. The van der Waals surface area contributed by atoms with E-state index in [1.54, 1.807) is 11.3 Å². The maximum Gasteiger partial charge on any atom is 0.135 e. The van der Waals surface area contributed by atoms with Crippen molar-refractivity contribution in [2.24, 2.45) is 0 Å². The Kier molecular flexibility index (Phi) is 2.67. The molecule has 0 amide bonds. The summed E-state index contributed by atoms with van der Waals surface area (Å²) in [6.07, 6.45) is 1.89. The van der Waals surface area contributed by atoms with Gasteiger partial charge in [0.25, 0.3) is 0 Å². The molecule has 2 aromatic carbocycles. The lowest BCUT2D eigenvalue weighted by Crippen LogP contribution is -1.96. The van der Waals surface area contributed by atoms with Gasteiger partial charge < -0.3 is 9.73 Å². The molecule has 3 nitrogen and oxygen atoms in total. The lowest BCUT2D eigenvalue weighted by molar-refractivity contribution is 0.669. The average molecular weight is 280 g/mol. The Labute approximate surface area is 119 Å². The van der Waals surface area contributed by atoms with Gasteiger partial charge in [-0.1, -0.05) is 18.2 Å². The van der Waals surface area contributed by atoms with Gasteiger partial charge in [0, 0.05) is 27.5 Å². The maximum absolute atomic E-state index is 5.82. The standard InChI is InChI=1S/C16H12N2OS/c1-2-4-15-13(3-1)14-7-11(5-6-16(14)19-15)18-9-12-8-17-10-20-12/h1-8,10,18H,9H2. The van der Waals surface area contributed by atoms with E-state index in [0.29, 0.717) is 0 Å². The number of aromatic nitrogens is 1. The van der Waals surface area contributed by atoms with E-state index in [1.165, 1.54) is 4.88 Å². The van der Waals surface area contributed by atoms with Crippen molar-refractivity contribution in [2.75, 3.05) is 5.32 Å². The van der Waals surface area contributed by atoms with Crippen LogP contribution in [0.5, 0.6) is 0 Å². The van der Waals surface area contributed by atoms with Crippen LogP contribution >= 0.6 is 11.3 Å². The highest BCUT2D eigenvalue weighted by molar-refractivity contribution is 7.09. The van der Waals surface area contributed by atoms with E-state index in [4.69, 9.17) is 4.42 Å². The van der Waals surface area contributed by atoms with Crippen molar-refractivity contribution < 1.29 is 4.42 Å². The van der Waals surface area contributed by atoms with Crippen molar-refractivity contribution in [2.45, 2.75) is 6.54 Å². The molecule has 20 heavy (non-hydrogen) atoms. The van der Waals surface area contributed by atoms with Gasteiger partial charge in [-0.15, -0.1) is 11.3 Å². The van der Waals surface area contributed by atoms with Crippen LogP contribution in [0.2, 0.25) is 0 Å². The lowest BCUT2D eigenvalue weighted by atomic mass is 10.1. The second-order valence-electron chi connectivity index (χ2n) is 4.63. The predicted molar refractivity (Wildman–Crippen MR) is 83.2 cm³/mol. The number of hydrogen-bond acceptors (Lipinski definition) is 4. The third-order valence-corrected chi connectivity index (χ3v) is 4.11. The van der Waals surface area contributed by atoms with Crippen molar-refractivity contribution in [3.63, 3.8) is 0 Å². The zero-order chi connectivity index (χ0) is 13.4. The Morgan fingerprint density at radius 3 is 2.85 bits per heavy atom. The third-order valence-electron chi connectivity index (χ3n) is 3.33. The summed E-state index contributed by atoms with van der Waals surface area (Å²) in [5.74, 6) is 0. The van der Waals surface area contributed by atoms with Crippen LogP contribution in [-0.2, 0) is 6.54 Å². The summed E-state index contributed by atoms with van der Waals surface area (Å²) in [5.41, 5.74) is 4.80. The van der Waals surface area contributed by atoms with Crippen LogP contribution in [0.3, 0.4) is 0 Å². The van der Waals surface area contributed by atoms with Crippen molar-refractivity contribution in [3.05, 3.63) is 59.0 Å². The van der Waals surface area contributed by atoms with E-state index in [2.05, 4.69) is 22.4 Å². The van der Waals surface area contributed by atoms with Crippen LogP contribution in [0.25, 0.3) is 21.9 Å². The first kappa shape index (κ1) is 11.5. The largest absolute Gasteiger partial charge is 0.456 e. The average Bonchev–Trinajstić information content (AvgIpc) is 3.12. The highest BCUT2D eigenvalue weighted by atomic mass is 32.1. The molecule has 4 heteroatoms. The Bertz CT molecular complexity index is 865. The van der Waals surface area contributed by atoms with Crippen molar-refractivity contribution in [3.8, 4) is 0 Å². The molecule has 2 aromatic heterocycles. The second kappa shape index (κ2) is 4.65. The van der Waals surface area contributed by atoms with Gasteiger partial charge in [-0.25, -0.2) is 0 Å². The fraction of sp³-hybridized carbons (Fsp3) is 0.0625. The molecule has 0 spiro atoms. The molecule has 0 aliphatic heterocycles. The van der Waals surface area contributed by atoms with Crippen LogP contribution in [0.15, 0.2) is 58.6 Å². The van der Waals surface area contributed by atoms with E-state index < -0.39 is 0 Å². The minimum atomic E-state index is 0.798. The smallest absolute Gasteiger partial charge is 0.135 e. The van der Waals surface area contributed by atoms with E-state index in [-0.39, 0.29) is 0 Å². The van der Waals surface area contributed by atoms with Gasteiger partial charge in [0.2, 0.25) is 0 Å². The molecule has 0 fully saturated rings. The molecular formula is C16H12N2OS. The van der Waals surface area contributed by atoms with Crippen LogP contribution in [0.4, 0.5) is 5.69 Å². The van der Waals surface area contributed by atoms with Crippen LogP contribution in [0, 0.1) is 0 Å². The van der Waals surface area contributed by atoms with Crippen molar-refractivity contribution >= 4 is 39.0 Å². The Balaban J connectivity index is 1.72. The molecule has 4 aromatic rings. The molecule has 0 saturated heterocycles. The van der Waals surface area contributed by atoms with Gasteiger partial charge in [-0.3, -0.25) is 4.98 Å². The maximum atomic E-state index is 5.82. The molecule has 0 radical (unpaired) electrons. The summed E-state index contributed by atoms with van der Waals surface area (Å²) in [4.78, 5) is 5.30. The monoisotopic (exact) mass is 280 g/mol. The molecule has 0 atom stereocenters. The van der Waals surface area contributed by atoms with Crippen LogP contribution in [0.1, 0.15) is 4.88 Å². The lowest BCUT2D eigenvalue weighted by Gasteiger charge is -2.04. The van der Waals surface area contributed by atoms with Crippen molar-refractivity contribution in [1.29, 1.82) is 0 Å². The summed E-state index contributed by atoms with van der Waals surface area (Å²) < 4.78 is 5.82. The zero-order valence-electron chi connectivity index (χ0n) is 10.7. The molecule has 0 unspecified atom stereocenters. The Hall–Kier alpha value is -2.33. The van der Waals surface area contributed by atoms with E-state index >= 15 is 0 Å². The number of thiazole rings is 1. The van der Waals surface area contributed by atoms with Crippen LogP contribution < -0.4 is 5.32 Å². The van der Waals surface area contributed by atoms with Gasteiger partial charge in [-0.2, -0.15) is 0 Å². The highest BCUT2D eigenvalue weighted by Gasteiger charge is 2.06. The Morgan fingerprint density at radius 1 is 1.05 bits per heavy atom. The summed E-state index contributed by atoms with van der Waals surface area (Å²) in [6, 6.07) is 14.3. The fourth-order valence-electron chi connectivity index (χ4n) is 2.35. The number of benzene rings is 2. The number of rotatable bonds is 3. The van der Waals surface area contributed by atoms with Gasteiger partial charge >= 0.3 is 0 Å². The third kappa shape index (κ3) is 1.94. The topological polar surface area (TPSA) is 38.1 Å². The quantitative estimate of drug-likeness (QED) is 0.593. The summed E-state index contributed by atoms with van der Waals surface area (Å²) in [7, 11) is 0. The minimum absolute atomic E-state index is 0.798.